The number of benzene rings is 2. The van der Waals surface area contributed by atoms with Crippen LogP contribution < -0.4 is 4.74 Å². The molecule has 0 atom stereocenters. The molecule has 0 heterocycles. The van der Waals surface area contributed by atoms with Crippen LogP contribution in [-0.2, 0) is 6.54 Å². The van der Waals surface area contributed by atoms with E-state index in [1.54, 1.807) is 36.2 Å². The zero-order valence-electron chi connectivity index (χ0n) is 12.5. The monoisotopic (exact) mass is 359 g/mol. The van der Waals surface area contributed by atoms with Crippen molar-refractivity contribution in [2.45, 2.75) is 6.54 Å². The van der Waals surface area contributed by atoms with Crippen LogP contribution in [0.4, 0.5) is 0 Å². The average Bonchev–Trinajstić information content (AvgIpc) is 2.54. The summed E-state index contributed by atoms with van der Waals surface area (Å²) in [5.41, 5.74) is 1.72. The summed E-state index contributed by atoms with van der Waals surface area (Å²) in [5, 5.41) is 0. The Hall–Kier alpha value is -2.07. The number of halogens is 1. The Morgan fingerprint density at radius 1 is 1.27 bits per heavy atom. The molecule has 114 valence electrons. The summed E-state index contributed by atoms with van der Waals surface area (Å²) in [4.78, 5) is 14.2. The highest BCUT2D eigenvalue weighted by atomic mass is 79.9. The number of carbonyl (C=O) groups is 1. The minimum atomic E-state index is -0.0279. The van der Waals surface area contributed by atoms with Crippen LogP contribution in [0, 0.1) is 0 Å². The molecule has 0 unspecified atom stereocenters. The number of ether oxygens (including phenoxy) is 1. The quantitative estimate of drug-likeness (QED) is 0.720. The first-order valence-corrected chi connectivity index (χ1v) is 7.73. The minimum Gasteiger partial charge on any atom is -0.488 e. The number of hydrogen-bond acceptors (Lipinski definition) is 2. The predicted molar refractivity (Wildman–Crippen MR) is 92.1 cm³/mol. The first-order valence-electron chi connectivity index (χ1n) is 6.94. The summed E-state index contributed by atoms with van der Waals surface area (Å²) < 4.78 is 6.24. The number of rotatable bonds is 6. The third kappa shape index (κ3) is 4.21. The summed E-state index contributed by atoms with van der Waals surface area (Å²) in [6, 6.07) is 15.3. The third-order valence-electron chi connectivity index (χ3n) is 3.14. The molecule has 1 amide bonds. The predicted octanol–water partition coefficient (Wildman–Crippen LogP) is 4.29. The lowest BCUT2D eigenvalue weighted by Gasteiger charge is -2.18. The van der Waals surface area contributed by atoms with Gasteiger partial charge in [-0.2, -0.15) is 0 Å². The second-order valence-electron chi connectivity index (χ2n) is 4.89. The van der Waals surface area contributed by atoms with Crippen LogP contribution in [0.15, 0.2) is 65.7 Å². The van der Waals surface area contributed by atoms with Gasteiger partial charge in [0.2, 0.25) is 0 Å². The summed E-state index contributed by atoms with van der Waals surface area (Å²) in [6.45, 7) is 4.62. The standard InChI is InChI=1S/C18H18BrNO2/c1-3-11-22-17-10-9-15(12-16(17)19)18(21)20(2)13-14-7-5-4-6-8-14/h3-10,12H,1,11,13H2,2H3. The molecule has 0 aliphatic heterocycles. The van der Waals surface area contributed by atoms with Crippen LogP contribution >= 0.6 is 15.9 Å². The van der Waals surface area contributed by atoms with Crippen LogP contribution in [0.1, 0.15) is 15.9 Å². The third-order valence-corrected chi connectivity index (χ3v) is 3.76. The van der Waals surface area contributed by atoms with Gasteiger partial charge in [0.05, 0.1) is 4.47 Å². The lowest BCUT2D eigenvalue weighted by atomic mass is 10.1. The molecule has 0 saturated heterocycles. The van der Waals surface area contributed by atoms with E-state index in [4.69, 9.17) is 4.74 Å². The van der Waals surface area contributed by atoms with E-state index in [0.717, 1.165) is 10.0 Å². The Bertz CT molecular complexity index is 655. The van der Waals surface area contributed by atoms with E-state index in [-0.39, 0.29) is 5.91 Å². The van der Waals surface area contributed by atoms with Crippen LogP contribution in [0.3, 0.4) is 0 Å². The molecule has 0 aromatic heterocycles. The van der Waals surface area contributed by atoms with E-state index >= 15 is 0 Å². The number of amides is 1. The van der Waals surface area contributed by atoms with E-state index in [2.05, 4.69) is 22.5 Å². The van der Waals surface area contributed by atoms with Gasteiger partial charge < -0.3 is 9.64 Å². The fourth-order valence-corrected chi connectivity index (χ4v) is 2.54. The van der Waals surface area contributed by atoms with Crippen LogP contribution in [-0.4, -0.2) is 24.5 Å². The van der Waals surface area contributed by atoms with Crippen molar-refractivity contribution >= 4 is 21.8 Å². The second-order valence-corrected chi connectivity index (χ2v) is 5.75. The number of carbonyl (C=O) groups excluding carboxylic acids is 1. The van der Waals surface area contributed by atoms with Gasteiger partial charge in [-0.15, -0.1) is 0 Å². The summed E-state index contributed by atoms with van der Waals surface area (Å²) in [5.74, 6) is 0.669. The molecule has 0 saturated carbocycles. The summed E-state index contributed by atoms with van der Waals surface area (Å²) >= 11 is 3.43. The smallest absolute Gasteiger partial charge is 0.253 e. The molecule has 0 spiro atoms. The highest BCUT2D eigenvalue weighted by Gasteiger charge is 2.14. The van der Waals surface area contributed by atoms with Crippen molar-refractivity contribution in [1.82, 2.24) is 4.90 Å². The van der Waals surface area contributed by atoms with Gasteiger partial charge >= 0.3 is 0 Å². The molecule has 22 heavy (non-hydrogen) atoms. The Kier molecular flexibility index (Phi) is 5.78. The molecule has 0 radical (unpaired) electrons. The van der Waals surface area contributed by atoms with Gasteiger partial charge in [-0.3, -0.25) is 4.79 Å². The Morgan fingerprint density at radius 3 is 2.64 bits per heavy atom. The van der Waals surface area contributed by atoms with Crippen molar-refractivity contribution in [2.24, 2.45) is 0 Å². The topological polar surface area (TPSA) is 29.5 Å². The summed E-state index contributed by atoms with van der Waals surface area (Å²) in [6.07, 6.45) is 1.68. The first kappa shape index (κ1) is 16.3. The van der Waals surface area contributed by atoms with Crippen molar-refractivity contribution in [1.29, 1.82) is 0 Å². The maximum absolute atomic E-state index is 12.5. The van der Waals surface area contributed by atoms with E-state index in [1.807, 2.05) is 30.3 Å². The van der Waals surface area contributed by atoms with E-state index < -0.39 is 0 Å². The fourth-order valence-electron chi connectivity index (χ4n) is 2.05. The molecule has 0 fully saturated rings. The molecule has 0 aliphatic rings. The lowest BCUT2D eigenvalue weighted by molar-refractivity contribution is 0.0785. The second kappa shape index (κ2) is 7.80. The Morgan fingerprint density at radius 2 is 2.00 bits per heavy atom. The Balaban J connectivity index is 2.08. The van der Waals surface area contributed by atoms with Crippen molar-refractivity contribution < 1.29 is 9.53 Å². The normalized spacial score (nSPS) is 10.1. The van der Waals surface area contributed by atoms with Gasteiger partial charge in [0.1, 0.15) is 12.4 Å². The van der Waals surface area contributed by atoms with Gasteiger partial charge in [0.25, 0.3) is 5.91 Å². The van der Waals surface area contributed by atoms with E-state index in [9.17, 15) is 4.79 Å². The van der Waals surface area contributed by atoms with Crippen LogP contribution in [0.25, 0.3) is 0 Å². The molecule has 0 aliphatic carbocycles. The van der Waals surface area contributed by atoms with Crippen molar-refractivity contribution in [3.8, 4) is 5.75 Å². The van der Waals surface area contributed by atoms with Crippen molar-refractivity contribution in [3.63, 3.8) is 0 Å². The van der Waals surface area contributed by atoms with Gasteiger partial charge in [-0.25, -0.2) is 0 Å². The number of nitrogens with zero attached hydrogens (tertiary/aromatic N) is 1. The van der Waals surface area contributed by atoms with Gasteiger partial charge in [-0.1, -0.05) is 43.0 Å². The van der Waals surface area contributed by atoms with Crippen LogP contribution in [0.5, 0.6) is 5.75 Å². The first-order chi connectivity index (χ1) is 10.6. The maximum Gasteiger partial charge on any atom is 0.253 e. The molecule has 2 rings (SSSR count). The largest absolute Gasteiger partial charge is 0.488 e. The molecule has 0 N–H and O–H groups in total. The molecule has 0 bridgehead atoms. The minimum absolute atomic E-state index is 0.0279. The van der Waals surface area contributed by atoms with Gasteiger partial charge in [0, 0.05) is 19.2 Å². The molecule has 2 aromatic carbocycles. The molecule has 2 aromatic rings. The van der Waals surface area contributed by atoms with Gasteiger partial charge in [-0.05, 0) is 39.7 Å². The zero-order chi connectivity index (χ0) is 15.9. The lowest BCUT2D eigenvalue weighted by Crippen LogP contribution is -2.26. The van der Waals surface area contributed by atoms with E-state index in [0.29, 0.717) is 24.5 Å². The average molecular weight is 360 g/mol. The zero-order valence-corrected chi connectivity index (χ0v) is 14.0. The fraction of sp³-hybridized carbons (Fsp3) is 0.167. The number of hydrogen-bond donors (Lipinski definition) is 0. The molecule has 3 nitrogen and oxygen atoms in total. The van der Waals surface area contributed by atoms with Gasteiger partial charge in [0.15, 0.2) is 0 Å². The highest BCUT2D eigenvalue weighted by Crippen LogP contribution is 2.26. The van der Waals surface area contributed by atoms with E-state index in [1.165, 1.54) is 0 Å². The maximum atomic E-state index is 12.5. The van der Waals surface area contributed by atoms with Crippen LogP contribution in [0.2, 0.25) is 0 Å². The highest BCUT2D eigenvalue weighted by molar-refractivity contribution is 9.10. The molecular weight excluding hydrogens is 342 g/mol. The molecular formula is C18H18BrNO2. The van der Waals surface area contributed by atoms with Crippen molar-refractivity contribution in [2.75, 3.05) is 13.7 Å². The molecule has 4 heteroatoms. The van der Waals surface area contributed by atoms with Crippen molar-refractivity contribution in [3.05, 3.63) is 76.8 Å². The SMILES string of the molecule is C=CCOc1ccc(C(=O)N(C)Cc2ccccc2)cc1Br. The Labute approximate surface area is 139 Å². The summed E-state index contributed by atoms with van der Waals surface area (Å²) in [7, 11) is 1.80.